The molecule has 0 saturated carbocycles. The monoisotopic (exact) mass is 302 g/mol. The van der Waals surface area contributed by atoms with E-state index in [0.717, 1.165) is 25.4 Å². The molecule has 4 rings (SSSR count). The Kier molecular flexibility index (Phi) is 3.35. The number of ether oxygens (including phenoxy) is 2. The first-order valence-corrected chi connectivity index (χ1v) is 7.92. The van der Waals surface area contributed by atoms with Crippen LogP contribution in [0.25, 0.3) is 0 Å². The molecule has 0 aromatic heterocycles. The molecule has 1 aromatic carbocycles. The van der Waals surface area contributed by atoms with Crippen LogP contribution < -0.4 is 4.74 Å². The number of fused-ring (bicyclic) bond motifs is 3. The van der Waals surface area contributed by atoms with Crippen molar-refractivity contribution in [3.8, 4) is 5.75 Å². The van der Waals surface area contributed by atoms with Crippen LogP contribution in [-0.4, -0.2) is 62.2 Å². The fourth-order valence-electron chi connectivity index (χ4n) is 4.09. The second-order valence-corrected chi connectivity index (χ2v) is 6.60. The van der Waals surface area contributed by atoms with E-state index in [2.05, 4.69) is 18.0 Å². The summed E-state index contributed by atoms with van der Waals surface area (Å²) in [6.07, 6.45) is 0.210. The van der Waals surface area contributed by atoms with Crippen LogP contribution in [0.4, 0.5) is 0 Å². The van der Waals surface area contributed by atoms with Crippen LogP contribution in [0.15, 0.2) is 24.3 Å². The van der Waals surface area contributed by atoms with Gasteiger partial charge >= 0.3 is 0 Å². The van der Waals surface area contributed by atoms with Gasteiger partial charge in [-0.25, -0.2) is 0 Å². The normalized spacial score (nSPS) is 31.2. The summed E-state index contributed by atoms with van der Waals surface area (Å²) in [5, 5.41) is 0. The predicted molar refractivity (Wildman–Crippen MR) is 81.7 cm³/mol. The first-order valence-electron chi connectivity index (χ1n) is 7.92. The Morgan fingerprint density at radius 2 is 2.05 bits per heavy atom. The van der Waals surface area contributed by atoms with E-state index in [9.17, 15) is 4.79 Å². The van der Waals surface area contributed by atoms with Gasteiger partial charge in [-0.05, 0) is 13.1 Å². The Morgan fingerprint density at radius 1 is 1.27 bits per heavy atom. The van der Waals surface area contributed by atoms with Crippen molar-refractivity contribution in [1.82, 2.24) is 9.80 Å². The standard InChI is InChI=1S/C17H22N2O3/c1-18-9-13(17(20)19-7-11(8-19)21-2)14-10-22-15-6-4-3-5-12(15)16(14)18/h3-6,11,13-14,16H,7-10H2,1-2H3/t13-,14+,16+/m1/s1. The van der Waals surface area contributed by atoms with E-state index in [0.29, 0.717) is 12.6 Å². The van der Waals surface area contributed by atoms with Gasteiger partial charge in [0, 0.05) is 44.3 Å². The Hall–Kier alpha value is -1.59. The minimum Gasteiger partial charge on any atom is -0.493 e. The van der Waals surface area contributed by atoms with Crippen molar-refractivity contribution in [3.05, 3.63) is 29.8 Å². The Morgan fingerprint density at radius 3 is 2.82 bits per heavy atom. The minimum atomic E-state index is 0.0289. The number of carbonyl (C=O) groups excluding carboxylic acids is 1. The van der Waals surface area contributed by atoms with E-state index in [4.69, 9.17) is 9.47 Å². The molecule has 3 atom stereocenters. The highest BCUT2D eigenvalue weighted by atomic mass is 16.5. The maximum absolute atomic E-state index is 12.8. The Bertz CT molecular complexity index is 585. The molecule has 0 radical (unpaired) electrons. The van der Waals surface area contributed by atoms with E-state index in [-0.39, 0.29) is 23.8 Å². The number of hydrogen-bond donors (Lipinski definition) is 0. The number of hydrogen-bond acceptors (Lipinski definition) is 4. The van der Waals surface area contributed by atoms with Crippen LogP contribution in [0.1, 0.15) is 11.6 Å². The van der Waals surface area contributed by atoms with Crippen molar-refractivity contribution >= 4 is 5.91 Å². The smallest absolute Gasteiger partial charge is 0.227 e. The molecular weight excluding hydrogens is 280 g/mol. The van der Waals surface area contributed by atoms with Gasteiger partial charge in [-0.3, -0.25) is 9.69 Å². The lowest BCUT2D eigenvalue weighted by Crippen LogP contribution is -2.57. The third kappa shape index (κ3) is 2.03. The fourth-order valence-corrected chi connectivity index (χ4v) is 4.09. The first-order chi connectivity index (χ1) is 10.7. The maximum atomic E-state index is 12.8. The molecule has 118 valence electrons. The van der Waals surface area contributed by atoms with E-state index >= 15 is 0 Å². The second kappa shape index (κ2) is 5.25. The van der Waals surface area contributed by atoms with E-state index in [1.54, 1.807) is 7.11 Å². The first kappa shape index (κ1) is 14.0. The number of rotatable bonds is 2. The SMILES string of the molecule is COC1CN(C(=O)[C@@H]2CN(C)[C@H]3c4ccccc4OC[C@@H]23)C1. The largest absolute Gasteiger partial charge is 0.493 e. The van der Waals surface area contributed by atoms with E-state index in [1.807, 2.05) is 23.1 Å². The molecule has 0 spiro atoms. The van der Waals surface area contributed by atoms with Gasteiger partial charge in [0.1, 0.15) is 5.75 Å². The highest BCUT2D eigenvalue weighted by Gasteiger charge is 2.49. The summed E-state index contributed by atoms with van der Waals surface area (Å²) in [6, 6.07) is 8.49. The molecule has 0 N–H and O–H groups in total. The van der Waals surface area contributed by atoms with Gasteiger partial charge < -0.3 is 14.4 Å². The summed E-state index contributed by atoms with van der Waals surface area (Å²) in [7, 11) is 3.82. The number of para-hydroxylation sites is 1. The summed E-state index contributed by atoms with van der Waals surface area (Å²) in [6.45, 7) is 2.89. The van der Waals surface area contributed by atoms with Gasteiger partial charge in [-0.2, -0.15) is 0 Å². The quantitative estimate of drug-likeness (QED) is 0.822. The summed E-state index contributed by atoms with van der Waals surface area (Å²) in [5.74, 6) is 1.50. The molecular formula is C17H22N2O3. The van der Waals surface area contributed by atoms with Crippen molar-refractivity contribution in [2.75, 3.05) is 40.4 Å². The van der Waals surface area contributed by atoms with E-state index < -0.39 is 0 Å². The summed E-state index contributed by atoms with van der Waals surface area (Å²) in [4.78, 5) is 17.0. The lowest BCUT2D eigenvalue weighted by Gasteiger charge is -2.40. The summed E-state index contributed by atoms with van der Waals surface area (Å²) < 4.78 is 11.2. The van der Waals surface area contributed by atoms with Crippen LogP contribution >= 0.6 is 0 Å². The third-order valence-corrected chi connectivity index (χ3v) is 5.36. The molecule has 1 aromatic rings. The van der Waals surface area contributed by atoms with Gasteiger partial charge in [0.25, 0.3) is 0 Å². The summed E-state index contributed by atoms with van der Waals surface area (Å²) >= 11 is 0. The maximum Gasteiger partial charge on any atom is 0.227 e. The number of methoxy groups -OCH3 is 1. The Balaban J connectivity index is 1.55. The number of likely N-dealkylation sites (tertiary alicyclic amines) is 2. The Labute approximate surface area is 130 Å². The molecule has 22 heavy (non-hydrogen) atoms. The molecule has 3 aliphatic rings. The average Bonchev–Trinajstić information content (AvgIpc) is 2.84. The number of carbonyl (C=O) groups is 1. The van der Waals surface area contributed by atoms with Crippen molar-refractivity contribution in [2.24, 2.45) is 11.8 Å². The fraction of sp³-hybridized carbons (Fsp3) is 0.588. The van der Waals surface area contributed by atoms with Crippen molar-refractivity contribution in [2.45, 2.75) is 12.1 Å². The van der Waals surface area contributed by atoms with Gasteiger partial charge in [-0.1, -0.05) is 18.2 Å². The molecule has 3 heterocycles. The molecule has 5 heteroatoms. The highest BCUT2D eigenvalue weighted by molar-refractivity contribution is 5.81. The number of nitrogens with zero attached hydrogens (tertiary/aromatic N) is 2. The van der Waals surface area contributed by atoms with Crippen molar-refractivity contribution in [3.63, 3.8) is 0 Å². The molecule has 1 amide bonds. The van der Waals surface area contributed by atoms with Gasteiger partial charge in [0.2, 0.25) is 5.91 Å². The number of amides is 1. The van der Waals surface area contributed by atoms with Crippen LogP contribution in [0, 0.1) is 11.8 Å². The molecule has 0 bridgehead atoms. The van der Waals surface area contributed by atoms with Crippen LogP contribution in [-0.2, 0) is 9.53 Å². The lowest BCUT2D eigenvalue weighted by molar-refractivity contribution is -0.148. The molecule has 0 aliphatic carbocycles. The zero-order valence-corrected chi connectivity index (χ0v) is 13.1. The summed E-state index contributed by atoms with van der Waals surface area (Å²) in [5.41, 5.74) is 1.22. The average molecular weight is 302 g/mol. The molecule has 5 nitrogen and oxygen atoms in total. The molecule has 2 saturated heterocycles. The predicted octanol–water partition coefficient (Wildman–Crippen LogP) is 1.16. The van der Waals surface area contributed by atoms with Crippen LogP contribution in [0.3, 0.4) is 0 Å². The second-order valence-electron chi connectivity index (χ2n) is 6.60. The van der Waals surface area contributed by atoms with Crippen molar-refractivity contribution < 1.29 is 14.3 Å². The third-order valence-electron chi connectivity index (χ3n) is 5.36. The molecule has 2 fully saturated rings. The minimum absolute atomic E-state index is 0.0289. The van der Waals surface area contributed by atoms with Crippen molar-refractivity contribution in [1.29, 1.82) is 0 Å². The topological polar surface area (TPSA) is 42.0 Å². The van der Waals surface area contributed by atoms with Gasteiger partial charge in [0.15, 0.2) is 0 Å². The van der Waals surface area contributed by atoms with Crippen LogP contribution in [0.5, 0.6) is 5.75 Å². The van der Waals surface area contributed by atoms with Crippen LogP contribution in [0.2, 0.25) is 0 Å². The zero-order chi connectivity index (χ0) is 15.3. The van der Waals surface area contributed by atoms with Gasteiger partial charge in [0.05, 0.1) is 18.6 Å². The highest BCUT2D eigenvalue weighted by Crippen LogP contribution is 2.47. The lowest BCUT2D eigenvalue weighted by atomic mass is 9.84. The molecule has 0 unspecified atom stereocenters. The van der Waals surface area contributed by atoms with E-state index in [1.165, 1.54) is 5.56 Å². The molecule has 3 aliphatic heterocycles. The zero-order valence-electron chi connectivity index (χ0n) is 13.1. The number of benzene rings is 1. The van der Waals surface area contributed by atoms with Gasteiger partial charge in [-0.15, -0.1) is 0 Å².